The van der Waals surface area contributed by atoms with Crippen LogP contribution in [0.25, 0.3) is 0 Å². The summed E-state index contributed by atoms with van der Waals surface area (Å²) in [5, 5.41) is 4.85. The molecule has 132 valence electrons. The normalized spacial score (nSPS) is 10.3. The zero-order valence-electron chi connectivity index (χ0n) is 13.6. The molecule has 25 heavy (non-hydrogen) atoms. The van der Waals surface area contributed by atoms with Gasteiger partial charge in [0.05, 0.1) is 5.69 Å². The van der Waals surface area contributed by atoms with E-state index in [0.717, 1.165) is 6.07 Å². The first-order valence-electron chi connectivity index (χ1n) is 7.66. The van der Waals surface area contributed by atoms with Crippen molar-refractivity contribution in [3.63, 3.8) is 0 Å². The van der Waals surface area contributed by atoms with Crippen LogP contribution in [0.5, 0.6) is 0 Å². The SMILES string of the molecule is CCc1ccc(C(=O)Nc2cc(C(=O)NCCC(N)=O)ccc2F)o1. The minimum Gasteiger partial charge on any atom is -0.456 e. The van der Waals surface area contributed by atoms with Gasteiger partial charge in [-0.3, -0.25) is 14.4 Å². The standard InChI is InChI=1S/C17H18FN3O4/c1-2-11-4-6-14(25-11)17(24)21-13-9-10(3-5-12(13)18)16(23)20-8-7-15(19)22/h3-6,9H,2,7-8H2,1H3,(H2,19,22)(H,20,23)(H,21,24). The maximum absolute atomic E-state index is 13.9. The third kappa shape index (κ3) is 4.90. The lowest BCUT2D eigenvalue weighted by Crippen LogP contribution is -2.28. The second-order valence-corrected chi connectivity index (χ2v) is 5.24. The van der Waals surface area contributed by atoms with Crippen LogP contribution >= 0.6 is 0 Å². The predicted octanol–water partition coefficient (Wildman–Crippen LogP) is 1.84. The number of hydrogen-bond acceptors (Lipinski definition) is 4. The molecule has 8 heteroatoms. The van der Waals surface area contributed by atoms with Gasteiger partial charge in [0.15, 0.2) is 5.76 Å². The number of halogens is 1. The predicted molar refractivity (Wildman–Crippen MR) is 88.6 cm³/mol. The van der Waals surface area contributed by atoms with E-state index in [1.165, 1.54) is 18.2 Å². The fourth-order valence-corrected chi connectivity index (χ4v) is 2.04. The van der Waals surface area contributed by atoms with Crippen molar-refractivity contribution in [3.05, 3.63) is 53.2 Å². The first kappa shape index (κ1) is 18.2. The van der Waals surface area contributed by atoms with Gasteiger partial charge in [-0.2, -0.15) is 0 Å². The third-order valence-corrected chi connectivity index (χ3v) is 3.37. The Bertz CT molecular complexity index is 801. The summed E-state index contributed by atoms with van der Waals surface area (Å²) in [7, 11) is 0. The molecule has 3 amide bonds. The van der Waals surface area contributed by atoms with Gasteiger partial charge < -0.3 is 20.8 Å². The summed E-state index contributed by atoms with van der Waals surface area (Å²) in [5.74, 6) is -1.68. The van der Waals surface area contributed by atoms with Crippen LogP contribution in [0.3, 0.4) is 0 Å². The van der Waals surface area contributed by atoms with Crippen molar-refractivity contribution in [3.8, 4) is 0 Å². The summed E-state index contributed by atoms with van der Waals surface area (Å²) in [6.45, 7) is 1.94. The van der Waals surface area contributed by atoms with Crippen LogP contribution in [0.1, 0.15) is 40.0 Å². The van der Waals surface area contributed by atoms with Crippen LogP contribution < -0.4 is 16.4 Å². The van der Waals surface area contributed by atoms with Crippen LogP contribution in [0.15, 0.2) is 34.7 Å². The van der Waals surface area contributed by atoms with Crippen LogP contribution in [0.2, 0.25) is 0 Å². The number of nitrogens with two attached hydrogens (primary N) is 1. The highest BCUT2D eigenvalue weighted by Gasteiger charge is 2.15. The molecular formula is C17H18FN3O4. The molecule has 0 saturated heterocycles. The van der Waals surface area contributed by atoms with Crippen molar-refractivity contribution in [1.29, 1.82) is 0 Å². The van der Waals surface area contributed by atoms with E-state index in [9.17, 15) is 18.8 Å². The Hall–Kier alpha value is -3.16. The molecule has 0 aliphatic heterocycles. The summed E-state index contributed by atoms with van der Waals surface area (Å²) in [5.41, 5.74) is 4.97. The molecule has 4 N–H and O–H groups in total. The molecule has 1 aromatic carbocycles. The average Bonchev–Trinajstić information content (AvgIpc) is 3.05. The zero-order chi connectivity index (χ0) is 18.4. The van der Waals surface area contributed by atoms with Gasteiger partial charge in [-0.15, -0.1) is 0 Å². The molecule has 0 saturated carbocycles. The number of primary amides is 1. The third-order valence-electron chi connectivity index (χ3n) is 3.37. The van der Waals surface area contributed by atoms with E-state index >= 15 is 0 Å². The van der Waals surface area contributed by atoms with Crippen molar-refractivity contribution in [2.45, 2.75) is 19.8 Å². The van der Waals surface area contributed by atoms with E-state index in [0.29, 0.717) is 12.2 Å². The number of carbonyl (C=O) groups is 3. The highest BCUT2D eigenvalue weighted by Crippen LogP contribution is 2.18. The second kappa shape index (κ2) is 8.09. The Morgan fingerprint density at radius 2 is 1.92 bits per heavy atom. The van der Waals surface area contributed by atoms with Gasteiger partial charge in [-0.05, 0) is 30.3 Å². The molecule has 0 atom stereocenters. The van der Waals surface area contributed by atoms with Gasteiger partial charge >= 0.3 is 0 Å². The van der Waals surface area contributed by atoms with E-state index in [-0.39, 0.29) is 30.0 Å². The molecule has 0 fully saturated rings. The van der Waals surface area contributed by atoms with Crippen molar-refractivity contribution in [2.75, 3.05) is 11.9 Å². The Morgan fingerprint density at radius 1 is 1.16 bits per heavy atom. The van der Waals surface area contributed by atoms with Crippen LogP contribution in [0, 0.1) is 5.82 Å². The first-order valence-corrected chi connectivity index (χ1v) is 7.66. The van der Waals surface area contributed by atoms with E-state index in [2.05, 4.69) is 10.6 Å². The van der Waals surface area contributed by atoms with Crippen molar-refractivity contribution < 1.29 is 23.2 Å². The highest BCUT2D eigenvalue weighted by atomic mass is 19.1. The van der Waals surface area contributed by atoms with E-state index in [1.54, 1.807) is 6.07 Å². The fourth-order valence-electron chi connectivity index (χ4n) is 2.04. The van der Waals surface area contributed by atoms with Gasteiger partial charge in [-0.1, -0.05) is 6.92 Å². The molecule has 0 aliphatic rings. The highest BCUT2D eigenvalue weighted by molar-refractivity contribution is 6.03. The van der Waals surface area contributed by atoms with Crippen molar-refractivity contribution in [1.82, 2.24) is 5.32 Å². The Morgan fingerprint density at radius 3 is 2.56 bits per heavy atom. The van der Waals surface area contributed by atoms with Crippen LogP contribution in [-0.4, -0.2) is 24.3 Å². The Labute approximate surface area is 143 Å². The van der Waals surface area contributed by atoms with E-state index in [1.807, 2.05) is 6.92 Å². The lowest BCUT2D eigenvalue weighted by Gasteiger charge is -2.08. The lowest BCUT2D eigenvalue weighted by atomic mass is 10.1. The first-order chi connectivity index (χ1) is 11.9. The van der Waals surface area contributed by atoms with Crippen LogP contribution in [0.4, 0.5) is 10.1 Å². The number of hydrogen-bond donors (Lipinski definition) is 3. The fraction of sp³-hybridized carbons (Fsp3) is 0.235. The molecule has 1 aromatic heterocycles. The van der Waals surface area contributed by atoms with E-state index in [4.69, 9.17) is 10.2 Å². The Balaban J connectivity index is 2.08. The van der Waals surface area contributed by atoms with Gasteiger partial charge in [0.1, 0.15) is 11.6 Å². The Kier molecular flexibility index (Phi) is 5.89. The number of carbonyl (C=O) groups excluding carboxylic acids is 3. The number of rotatable bonds is 7. The number of aryl methyl sites for hydroxylation is 1. The molecule has 0 spiro atoms. The second-order valence-electron chi connectivity index (χ2n) is 5.24. The number of benzene rings is 1. The smallest absolute Gasteiger partial charge is 0.291 e. The summed E-state index contributed by atoms with van der Waals surface area (Å²) in [4.78, 5) is 34.7. The summed E-state index contributed by atoms with van der Waals surface area (Å²) < 4.78 is 19.2. The largest absolute Gasteiger partial charge is 0.456 e. The van der Waals surface area contributed by atoms with Crippen molar-refractivity contribution >= 4 is 23.4 Å². The van der Waals surface area contributed by atoms with Gasteiger partial charge in [-0.25, -0.2) is 4.39 Å². The minimum absolute atomic E-state index is 0.00518. The molecule has 0 radical (unpaired) electrons. The van der Waals surface area contributed by atoms with Crippen molar-refractivity contribution in [2.24, 2.45) is 5.73 Å². The minimum atomic E-state index is -0.690. The molecule has 0 bridgehead atoms. The molecule has 2 aromatic rings. The molecular weight excluding hydrogens is 329 g/mol. The maximum Gasteiger partial charge on any atom is 0.291 e. The summed E-state index contributed by atoms with van der Waals surface area (Å²) in [6.07, 6.45) is 0.622. The summed E-state index contributed by atoms with van der Waals surface area (Å²) >= 11 is 0. The number of amides is 3. The molecule has 2 rings (SSSR count). The van der Waals surface area contributed by atoms with Gasteiger partial charge in [0.2, 0.25) is 5.91 Å². The quantitative estimate of drug-likeness (QED) is 0.709. The van der Waals surface area contributed by atoms with E-state index < -0.39 is 23.5 Å². The number of nitrogens with one attached hydrogen (secondary N) is 2. The lowest BCUT2D eigenvalue weighted by molar-refractivity contribution is -0.117. The molecule has 0 aliphatic carbocycles. The average molecular weight is 347 g/mol. The van der Waals surface area contributed by atoms with Gasteiger partial charge in [0.25, 0.3) is 11.8 Å². The van der Waals surface area contributed by atoms with Crippen LogP contribution in [-0.2, 0) is 11.2 Å². The number of furan rings is 1. The monoisotopic (exact) mass is 347 g/mol. The van der Waals surface area contributed by atoms with Gasteiger partial charge in [0, 0.05) is 24.9 Å². The number of anilines is 1. The molecule has 0 unspecified atom stereocenters. The molecule has 7 nitrogen and oxygen atoms in total. The topological polar surface area (TPSA) is 114 Å². The molecule has 1 heterocycles. The summed E-state index contributed by atoms with van der Waals surface area (Å²) in [6, 6.07) is 6.70. The zero-order valence-corrected chi connectivity index (χ0v) is 13.6. The maximum atomic E-state index is 13.9.